The highest BCUT2D eigenvalue weighted by Crippen LogP contribution is 2.43. The smallest absolute Gasteiger partial charge is 0.196 e. The Morgan fingerprint density at radius 1 is 1.27 bits per heavy atom. The Morgan fingerprint density at radius 2 is 1.95 bits per heavy atom. The monoisotopic (exact) mass is 378 g/mol. The van der Waals surface area contributed by atoms with Gasteiger partial charge in [-0.05, 0) is 45.8 Å². The Morgan fingerprint density at radius 3 is 2.59 bits per heavy atom. The van der Waals surface area contributed by atoms with Crippen LogP contribution in [0.25, 0.3) is 0 Å². The number of ketones is 1. The Kier molecular flexibility index (Phi) is 3.98. The molecule has 0 N–H and O–H groups in total. The van der Waals surface area contributed by atoms with Gasteiger partial charge in [0, 0.05) is 10.6 Å². The second-order valence-electron chi connectivity index (χ2n) is 4.89. The molecule has 3 rings (SSSR count). The lowest BCUT2D eigenvalue weighted by atomic mass is 9.92. The molecular formula is C17H12BrClO3. The number of halogens is 2. The molecule has 0 saturated heterocycles. The predicted molar refractivity (Wildman–Crippen MR) is 89.0 cm³/mol. The van der Waals surface area contributed by atoms with Crippen LogP contribution in [0.5, 0.6) is 11.5 Å². The number of benzene rings is 2. The van der Waals surface area contributed by atoms with E-state index in [2.05, 4.69) is 22.5 Å². The van der Waals surface area contributed by atoms with Gasteiger partial charge in [0.05, 0.1) is 17.1 Å². The van der Waals surface area contributed by atoms with Gasteiger partial charge in [0.25, 0.3) is 0 Å². The third kappa shape index (κ3) is 2.53. The standard InChI is InChI=1S/C17H12BrClO3/c1-9-15(20)13-7-11(19)8-14(18)17(13)22-16(9)10-3-5-12(21-2)6-4-10/h3-8,16H,1H2,2H3. The first-order valence-corrected chi connectivity index (χ1v) is 7.71. The minimum atomic E-state index is -0.525. The first kappa shape index (κ1) is 15.1. The van der Waals surface area contributed by atoms with Crippen LogP contribution >= 0.6 is 27.5 Å². The fourth-order valence-electron chi connectivity index (χ4n) is 2.38. The summed E-state index contributed by atoms with van der Waals surface area (Å²) < 4.78 is 11.8. The first-order valence-electron chi connectivity index (χ1n) is 6.54. The van der Waals surface area contributed by atoms with Crippen LogP contribution in [-0.2, 0) is 0 Å². The van der Waals surface area contributed by atoms with Gasteiger partial charge in [0.15, 0.2) is 11.9 Å². The maximum Gasteiger partial charge on any atom is 0.196 e. The van der Waals surface area contributed by atoms with Gasteiger partial charge in [-0.1, -0.05) is 30.3 Å². The maximum absolute atomic E-state index is 12.5. The molecule has 0 fully saturated rings. The number of carbonyl (C=O) groups is 1. The summed E-state index contributed by atoms with van der Waals surface area (Å²) in [6.07, 6.45) is -0.525. The zero-order chi connectivity index (χ0) is 15.9. The summed E-state index contributed by atoms with van der Waals surface area (Å²) in [4.78, 5) is 12.5. The summed E-state index contributed by atoms with van der Waals surface area (Å²) in [5.74, 6) is 1.07. The van der Waals surface area contributed by atoms with Crippen molar-refractivity contribution in [3.8, 4) is 11.5 Å². The molecule has 0 spiro atoms. The van der Waals surface area contributed by atoms with E-state index in [9.17, 15) is 4.79 Å². The van der Waals surface area contributed by atoms with Gasteiger partial charge in [-0.15, -0.1) is 0 Å². The summed E-state index contributed by atoms with van der Waals surface area (Å²) in [6.45, 7) is 3.89. The lowest BCUT2D eigenvalue weighted by Gasteiger charge is -2.28. The molecule has 2 aromatic rings. The Labute approximate surface area is 141 Å². The molecule has 1 aliphatic heterocycles. The van der Waals surface area contributed by atoms with E-state index in [1.54, 1.807) is 19.2 Å². The van der Waals surface area contributed by atoms with E-state index in [-0.39, 0.29) is 5.78 Å². The van der Waals surface area contributed by atoms with Gasteiger partial charge in [0.2, 0.25) is 0 Å². The van der Waals surface area contributed by atoms with E-state index < -0.39 is 6.10 Å². The summed E-state index contributed by atoms with van der Waals surface area (Å²) in [6, 6.07) is 10.7. The Hall–Kier alpha value is -1.78. The van der Waals surface area contributed by atoms with Crippen LogP contribution in [0.1, 0.15) is 22.0 Å². The normalized spacial score (nSPS) is 17.0. The molecule has 0 radical (unpaired) electrons. The molecule has 0 amide bonds. The highest BCUT2D eigenvalue weighted by molar-refractivity contribution is 9.10. The second kappa shape index (κ2) is 5.78. The molecule has 1 unspecified atom stereocenters. The molecule has 0 aliphatic carbocycles. The molecule has 112 valence electrons. The number of fused-ring (bicyclic) bond motifs is 1. The minimum Gasteiger partial charge on any atom is -0.497 e. The van der Waals surface area contributed by atoms with E-state index in [1.165, 1.54) is 0 Å². The summed E-state index contributed by atoms with van der Waals surface area (Å²) in [7, 11) is 1.60. The van der Waals surface area contributed by atoms with Crippen molar-refractivity contribution < 1.29 is 14.3 Å². The highest BCUT2D eigenvalue weighted by atomic mass is 79.9. The zero-order valence-electron chi connectivity index (χ0n) is 11.7. The zero-order valence-corrected chi connectivity index (χ0v) is 14.1. The van der Waals surface area contributed by atoms with Crippen molar-refractivity contribution >= 4 is 33.3 Å². The number of rotatable bonds is 2. The summed E-state index contributed by atoms with van der Waals surface area (Å²) >= 11 is 9.39. The first-order chi connectivity index (χ1) is 10.5. The third-order valence-electron chi connectivity index (χ3n) is 3.52. The fourth-order valence-corrected chi connectivity index (χ4v) is 3.28. The van der Waals surface area contributed by atoms with E-state index in [4.69, 9.17) is 21.1 Å². The van der Waals surface area contributed by atoms with Crippen molar-refractivity contribution in [1.29, 1.82) is 0 Å². The molecule has 0 bridgehead atoms. The van der Waals surface area contributed by atoms with Crippen LogP contribution in [0.4, 0.5) is 0 Å². The van der Waals surface area contributed by atoms with Crippen molar-refractivity contribution in [2.45, 2.75) is 6.10 Å². The molecule has 0 saturated carbocycles. The van der Waals surface area contributed by atoms with Gasteiger partial charge in [0.1, 0.15) is 11.5 Å². The maximum atomic E-state index is 12.5. The summed E-state index contributed by atoms with van der Waals surface area (Å²) in [5.41, 5.74) is 1.65. The fraction of sp³-hybridized carbons (Fsp3) is 0.118. The third-order valence-corrected chi connectivity index (χ3v) is 4.32. The quantitative estimate of drug-likeness (QED) is 0.690. The van der Waals surface area contributed by atoms with Crippen molar-refractivity contribution in [2.24, 2.45) is 0 Å². The SMILES string of the molecule is C=C1C(=O)c2cc(Cl)cc(Br)c2OC1c1ccc(OC)cc1. The van der Waals surface area contributed by atoms with Gasteiger partial charge in [-0.25, -0.2) is 0 Å². The predicted octanol–water partition coefficient (Wildman–Crippen LogP) is 4.98. The van der Waals surface area contributed by atoms with Crippen molar-refractivity contribution in [3.63, 3.8) is 0 Å². The molecule has 1 heterocycles. The van der Waals surface area contributed by atoms with Crippen molar-refractivity contribution in [3.05, 3.63) is 69.2 Å². The van der Waals surface area contributed by atoms with Crippen LogP contribution in [-0.4, -0.2) is 12.9 Å². The topological polar surface area (TPSA) is 35.5 Å². The minimum absolute atomic E-state index is 0.162. The van der Waals surface area contributed by atoms with Gasteiger partial charge in [-0.2, -0.15) is 0 Å². The lowest BCUT2D eigenvalue weighted by molar-refractivity contribution is 0.0961. The Balaban J connectivity index is 2.04. The molecule has 3 nitrogen and oxygen atoms in total. The molecular weight excluding hydrogens is 368 g/mol. The van der Waals surface area contributed by atoms with Crippen LogP contribution in [0.2, 0.25) is 5.02 Å². The molecule has 22 heavy (non-hydrogen) atoms. The number of hydrogen-bond acceptors (Lipinski definition) is 3. The van der Waals surface area contributed by atoms with Crippen molar-refractivity contribution in [2.75, 3.05) is 7.11 Å². The second-order valence-corrected chi connectivity index (χ2v) is 6.18. The average molecular weight is 380 g/mol. The number of methoxy groups -OCH3 is 1. The van der Waals surface area contributed by atoms with E-state index in [1.807, 2.05) is 24.3 Å². The number of ether oxygens (including phenoxy) is 2. The summed E-state index contributed by atoms with van der Waals surface area (Å²) in [5, 5.41) is 0.471. The van der Waals surface area contributed by atoms with Crippen molar-refractivity contribution in [1.82, 2.24) is 0 Å². The van der Waals surface area contributed by atoms with Crippen LogP contribution in [0.3, 0.4) is 0 Å². The van der Waals surface area contributed by atoms with E-state index >= 15 is 0 Å². The van der Waals surface area contributed by atoms with Gasteiger partial charge >= 0.3 is 0 Å². The lowest BCUT2D eigenvalue weighted by Crippen LogP contribution is -2.23. The number of carbonyl (C=O) groups excluding carboxylic acids is 1. The highest BCUT2D eigenvalue weighted by Gasteiger charge is 2.33. The molecule has 2 aromatic carbocycles. The largest absolute Gasteiger partial charge is 0.497 e. The number of hydrogen-bond donors (Lipinski definition) is 0. The van der Waals surface area contributed by atoms with Gasteiger partial charge in [-0.3, -0.25) is 4.79 Å². The van der Waals surface area contributed by atoms with Crippen LogP contribution in [0, 0.1) is 0 Å². The molecule has 1 aliphatic rings. The van der Waals surface area contributed by atoms with Gasteiger partial charge < -0.3 is 9.47 Å². The van der Waals surface area contributed by atoms with E-state index in [0.717, 1.165) is 11.3 Å². The molecule has 5 heteroatoms. The molecule has 0 aromatic heterocycles. The average Bonchev–Trinajstić information content (AvgIpc) is 2.51. The van der Waals surface area contributed by atoms with Crippen LogP contribution < -0.4 is 9.47 Å². The van der Waals surface area contributed by atoms with E-state index in [0.29, 0.717) is 26.4 Å². The molecule has 1 atom stereocenters. The Bertz CT molecular complexity index is 768. The number of Topliss-reactive ketones (excluding diaryl/α,β-unsaturated/α-hetero) is 1. The van der Waals surface area contributed by atoms with Crippen LogP contribution in [0.15, 0.2) is 53.0 Å².